The molecule has 0 aromatic carbocycles. The largest absolute Gasteiger partial charge is 0.506 e. The molecule has 2 nitrogen and oxygen atoms in total. The van der Waals surface area contributed by atoms with Crippen molar-refractivity contribution in [2.24, 2.45) is 0 Å². The zero-order valence-corrected chi connectivity index (χ0v) is 5.26. The van der Waals surface area contributed by atoms with E-state index in [4.69, 9.17) is 5.11 Å². The zero-order chi connectivity index (χ0) is 6.85. The molecule has 1 N–H and O–H groups in total. The Bertz CT molecular complexity index is 200. The normalized spacial score (nSPS) is 9.56. The standard InChI is InChI=1S/C7H8NO/c1-5-3-8-4-7(9)6(5)2/h3-4,9H,2H2,1H3. The highest BCUT2D eigenvalue weighted by atomic mass is 16.3. The van der Waals surface area contributed by atoms with E-state index in [0.717, 1.165) is 5.56 Å². The summed E-state index contributed by atoms with van der Waals surface area (Å²) in [6.45, 7) is 5.49. The number of pyridine rings is 1. The minimum absolute atomic E-state index is 0.162. The number of hydrogen-bond donors (Lipinski definition) is 1. The fourth-order valence-electron chi connectivity index (χ4n) is 0.578. The van der Waals surface area contributed by atoms with Crippen molar-refractivity contribution >= 4 is 0 Å². The lowest BCUT2D eigenvalue weighted by molar-refractivity contribution is 0.469. The summed E-state index contributed by atoms with van der Waals surface area (Å²) < 4.78 is 0. The summed E-state index contributed by atoms with van der Waals surface area (Å²) in [5, 5.41) is 8.98. The monoisotopic (exact) mass is 122 g/mol. The lowest BCUT2D eigenvalue weighted by atomic mass is 10.2. The summed E-state index contributed by atoms with van der Waals surface area (Å²) in [5.74, 6) is 0.162. The van der Waals surface area contributed by atoms with Gasteiger partial charge in [-0.05, 0) is 19.4 Å². The van der Waals surface area contributed by atoms with Crippen molar-refractivity contribution in [3.8, 4) is 5.75 Å². The molecule has 0 spiro atoms. The van der Waals surface area contributed by atoms with E-state index < -0.39 is 0 Å². The minimum atomic E-state index is 0.162. The predicted octanol–water partition coefficient (Wildman–Crippen LogP) is 1.28. The molecule has 47 valence electrons. The molecular formula is C7H8NO. The van der Waals surface area contributed by atoms with Crippen LogP contribution in [0.4, 0.5) is 0 Å². The molecule has 9 heavy (non-hydrogen) atoms. The molecule has 0 bridgehead atoms. The molecule has 1 heterocycles. The maximum absolute atomic E-state index is 8.98. The van der Waals surface area contributed by atoms with Gasteiger partial charge in [0.15, 0.2) is 0 Å². The van der Waals surface area contributed by atoms with Crippen molar-refractivity contribution in [3.05, 3.63) is 30.4 Å². The van der Waals surface area contributed by atoms with Crippen LogP contribution in [0.2, 0.25) is 0 Å². The minimum Gasteiger partial charge on any atom is -0.506 e. The number of nitrogens with zero attached hydrogens (tertiary/aromatic N) is 1. The van der Waals surface area contributed by atoms with Gasteiger partial charge in [0.05, 0.1) is 6.20 Å². The second kappa shape index (κ2) is 2.05. The molecule has 0 unspecified atom stereocenters. The zero-order valence-electron chi connectivity index (χ0n) is 5.26. The van der Waals surface area contributed by atoms with Gasteiger partial charge in [0.1, 0.15) is 5.75 Å². The number of aromatic nitrogens is 1. The fraction of sp³-hybridized carbons (Fsp3) is 0.143. The lowest BCUT2D eigenvalue weighted by Gasteiger charge is -1.98. The Labute approximate surface area is 54.2 Å². The first-order valence-corrected chi connectivity index (χ1v) is 2.67. The molecule has 1 radical (unpaired) electrons. The molecule has 2 heteroatoms. The average Bonchev–Trinajstić information content (AvgIpc) is 1.83. The van der Waals surface area contributed by atoms with Gasteiger partial charge in [-0.3, -0.25) is 4.98 Å². The molecule has 0 atom stereocenters. The predicted molar refractivity (Wildman–Crippen MR) is 35.1 cm³/mol. The first-order chi connectivity index (χ1) is 4.22. The summed E-state index contributed by atoms with van der Waals surface area (Å²) in [7, 11) is 0. The van der Waals surface area contributed by atoms with Crippen molar-refractivity contribution in [1.29, 1.82) is 0 Å². The van der Waals surface area contributed by atoms with Gasteiger partial charge in [-0.15, -0.1) is 0 Å². The van der Waals surface area contributed by atoms with Crippen molar-refractivity contribution in [1.82, 2.24) is 4.98 Å². The summed E-state index contributed by atoms with van der Waals surface area (Å²) in [6, 6.07) is 0. The van der Waals surface area contributed by atoms with Crippen LogP contribution in [-0.4, -0.2) is 10.1 Å². The third-order valence-electron chi connectivity index (χ3n) is 1.25. The van der Waals surface area contributed by atoms with Crippen LogP contribution in [0.15, 0.2) is 12.4 Å². The summed E-state index contributed by atoms with van der Waals surface area (Å²) in [4.78, 5) is 3.75. The van der Waals surface area contributed by atoms with Crippen molar-refractivity contribution in [2.45, 2.75) is 6.92 Å². The average molecular weight is 122 g/mol. The van der Waals surface area contributed by atoms with Gasteiger partial charge in [0, 0.05) is 11.8 Å². The molecule has 0 saturated heterocycles. The maximum Gasteiger partial charge on any atom is 0.137 e. The fourth-order valence-corrected chi connectivity index (χ4v) is 0.578. The van der Waals surface area contributed by atoms with Gasteiger partial charge >= 0.3 is 0 Å². The second-order valence-corrected chi connectivity index (χ2v) is 1.95. The van der Waals surface area contributed by atoms with Crippen molar-refractivity contribution in [3.63, 3.8) is 0 Å². The maximum atomic E-state index is 8.98. The van der Waals surface area contributed by atoms with E-state index in [1.54, 1.807) is 6.20 Å². The molecule has 0 aliphatic heterocycles. The van der Waals surface area contributed by atoms with Gasteiger partial charge in [-0.1, -0.05) is 0 Å². The molecule has 1 aromatic rings. The quantitative estimate of drug-likeness (QED) is 0.562. The van der Waals surface area contributed by atoms with Gasteiger partial charge in [0.25, 0.3) is 0 Å². The molecular weight excluding hydrogens is 114 g/mol. The smallest absolute Gasteiger partial charge is 0.137 e. The molecule has 0 fully saturated rings. The van der Waals surface area contributed by atoms with Crippen LogP contribution in [0.25, 0.3) is 0 Å². The van der Waals surface area contributed by atoms with E-state index >= 15 is 0 Å². The van der Waals surface area contributed by atoms with Crippen LogP contribution < -0.4 is 0 Å². The van der Waals surface area contributed by atoms with Crippen LogP contribution >= 0.6 is 0 Å². The van der Waals surface area contributed by atoms with Crippen LogP contribution in [0, 0.1) is 13.8 Å². The highest BCUT2D eigenvalue weighted by Crippen LogP contribution is 2.15. The second-order valence-electron chi connectivity index (χ2n) is 1.95. The number of rotatable bonds is 0. The first kappa shape index (κ1) is 6.08. The van der Waals surface area contributed by atoms with Crippen LogP contribution in [0.5, 0.6) is 5.75 Å². The number of aromatic hydroxyl groups is 1. The third-order valence-corrected chi connectivity index (χ3v) is 1.25. The highest BCUT2D eigenvalue weighted by molar-refractivity contribution is 5.36. The third kappa shape index (κ3) is 1.02. The van der Waals surface area contributed by atoms with E-state index in [-0.39, 0.29) is 5.75 Å². The Hall–Kier alpha value is -1.05. The van der Waals surface area contributed by atoms with Crippen LogP contribution in [0.3, 0.4) is 0 Å². The van der Waals surface area contributed by atoms with Gasteiger partial charge in [0.2, 0.25) is 0 Å². The van der Waals surface area contributed by atoms with E-state index in [2.05, 4.69) is 11.9 Å². The molecule has 0 saturated carbocycles. The van der Waals surface area contributed by atoms with E-state index in [1.807, 2.05) is 6.92 Å². The first-order valence-electron chi connectivity index (χ1n) is 2.67. The van der Waals surface area contributed by atoms with Gasteiger partial charge in [-0.25, -0.2) is 0 Å². The molecule has 1 rings (SSSR count). The van der Waals surface area contributed by atoms with E-state index in [1.165, 1.54) is 6.20 Å². The lowest BCUT2D eigenvalue weighted by Crippen LogP contribution is -1.82. The van der Waals surface area contributed by atoms with Crippen LogP contribution in [-0.2, 0) is 0 Å². The molecule has 1 aromatic heterocycles. The SMILES string of the molecule is [CH2]c1c(C)cncc1O. The molecule has 0 aliphatic carbocycles. The Balaban J connectivity index is 3.25. The van der Waals surface area contributed by atoms with Gasteiger partial charge < -0.3 is 5.11 Å². The Morgan fingerprint density at radius 2 is 2.22 bits per heavy atom. The van der Waals surface area contributed by atoms with Crippen molar-refractivity contribution in [2.75, 3.05) is 0 Å². The van der Waals surface area contributed by atoms with Gasteiger partial charge in [-0.2, -0.15) is 0 Å². The molecule has 0 amide bonds. The number of aryl methyl sites for hydroxylation is 1. The van der Waals surface area contributed by atoms with E-state index in [0.29, 0.717) is 5.56 Å². The van der Waals surface area contributed by atoms with Crippen LogP contribution in [0.1, 0.15) is 11.1 Å². The summed E-state index contributed by atoms with van der Waals surface area (Å²) in [5.41, 5.74) is 1.57. The Kier molecular flexibility index (Phi) is 1.39. The summed E-state index contributed by atoms with van der Waals surface area (Å²) in [6.07, 6.45) is 3.05. The summed E-state index contributed by atoms with van der Waals surface area (Å²) >= 11 is 0. The van der Waals surface area contributed by atoms with Crippen molar-refractivity contribution < 1.29 is 5.11 Å². The van der Waals surface area contributed by atoms with E-state index in [9.17, 15) is 0 Å². The topological polar surface area (TPSA) is 33.1 Å². The Morgan fingerprint density at radius 3 is 2.67 bits per heavy atom. The molecule has 0 aliphatic rings. The highest BCUT2D eigenvalue weighted by Gasteiger charge is 1.95. The Morgan fingerprint density at radius 1 is 1.56 bits per heavy atom. The number of hydrogen-bond acceptors (Lipinski definition) is 2.